The van der Waals surface area contributed by atoms with Crippen LogP contribution in [0.5, 0.6) is 17.2 Å². The van der Waals surface area contributed by atoms with Gasteiger partial charge in [-0.05, 0) is 57.2 Å². The van der Waals surface area contributed by atoms with Crippen LogP contribution in [0.15, 0.2) is 72.8 Å². The predicted octanol–water partition coefficient (Wildman–Crippen LogP) is 13.4. The molecule has 3 aromatic carbocycles. The fourth-order valence-corrected chi connectivity index (χ4v) is 12.2. The largest absolute Gasteiger partial charge is 0.466 e. The van der Waals surface area contributed by atoms with E-state index in [1.54, 1.807) is 122 Å². The van der Waals surface area contributed by atoms with Crippen molar-refractivity contribution in [3.63, 3.8) is 0 Å². The average molecular weight is 991 g/mol. The van der Waals surface area contributed by atoms with E-state index < -0.39 is 90.7 Å². The van der Waals surface area contributed by atoms with E-state index in [1.165, 1.54) is 54.6 Å². The van der Waals surface area contributed by atoms with E-state index in [4.69, 9.17) is 27.8 Å². The summed E-state index contributed by atoms with van der Waals surface area (Å²) in [6.45, 7) is 27.0. The summed E-state index contributed by atoms with van der Waals surface area (Å²) in [6, 6.07) is 16.6. The number of hydrogen-bond acceptors (Lipinski definition) is 12. The van der Waals surface area contributed by atoms with E-state index in [1.807, 2.05) is 0 Å². The van der Waals surface area contributed by atoms with E-state index >= 15 is 0 Å². The SMILES string of the molecule is CCOC(=O)[C@H](C)CP(=O)(Oc1cccc(F)c1)C(C)(C)C.CCOC(=O)[C@H](C)C[P@@](=O)(Oc1cccc(F)c1)C(C)(C)C.CCOC(=O)[C@H](C)C[P@](=O)(Oc1cccc(F)c1)C(C)(C)C. The zero-order chi connectivity index (χ0) is 50.9. The summed E-state index contributed by atoms with van der Waals surface area (Å²) >= 11 is 0. The van der Waals surface area contributed by atoms with Gasteiger partial charge in [0.1, 0.15) is 34.7 Å². The van der Waals surface area contributed by atoms with Gasteiger partial charge in [0, 0.05) is 52.2 Å². The Labute approximate surface area is 390 Å². The second kappa shape index (κ2) is 25.9. The molecule has 0 spiro atoms. The molecular weight excluding hydrogens is 918 g/mol. The number of halogens is 3. The summed E-state index contributed by atoms with van der Waals surface area (Å²) in [7, 11) is -9.74. The Morgan fingerprint density at radius 3 is 0.833 bits per heavy atom. The smallest absolute Gasteiger partial charge is 0.309 e. The van der Waals surface area contributed by atoms with Gasteiger partial charge in [-0.2, -0.15) is 0 Å². The van der Waals surface area contributed by atoms with Crippen LogP contribution in [-0.2, 0) is 42.3 Å². The number of carbonyl (C=O) groups is 3. The minimum absolute atomic E-state index is 0.0475. The van der Waals surface area contributed by atoms with Gasteiger partial charge in [-0.1, -0.05) is 101 Å². The molecule has 66 heavy (non-hydrogen) atoms. The molecule has 0 bridgehead atoms. The molecule has 6 atom stereocenters. The summed E-state index contributed by atoms with van der Waals surface area (Å²) in [6.07, 6.45) is 0.142. The van der Waals surface area contributed by atoms with Crippen molar-refractivity contribution in [2.24, 2.45) is 17.8 Å². The van der Waals surface area contributed by atoms with Crippen molar-refractivity contribution in [1.29, 1.82) is 0 Å². The Morgan fingerprint density at radius 1 is 0.455 bits per heavy atom. The van der Waals surface area contributed by atoms with E-state index in [-0.39, 0.29) is 55.6 Å². The third kappa shape index (κ3) is 19.3. The molecule has 0 aliphatic heterocycles. The molecule has 0 saturated carbocycles. The van der Waals surface area contributed by atoms with E-state index in [0.717, 1.165) is 0 Å². The summed E-state index contributed by atoms with van der Waals surface area (Å²) < 4.78 is 112. The first-order chi connectivity index (χ1) is 30.3. The maximum Gasteiger partial charge on any atom is 0.309 e. The monoisotopic (exact) mass is 990 g/mol. The lowest BCUT2D eigenvalue weighted by molar-refractivity contribution is -0.147. The Balaban J connectivity index is 0.000000495. The van der Waals surface area contributed by atoms with Crippen molar-refractivity contribution < 1.29 is 69.0 Å². The van der Waals surface area contributed by atoms with Crippen LogP contribution >= 0.6 is 22.1 Å². The molecule has 0 saturated heterocycles. The number of benzene rings is 3. The van der Waals surface area contributed by atoms with Crippen LogP contribution < -0.4 is 13.6 Å². The van der Waals surface area contributed by atoms with E-state index in [9.17, 15) is 41.3 Å². The molecule has 18 heteroatoms. The summed E-state index contributed by atoms with van der Waals surface area (Å²) in [5.74, 6) is -3.67. The van der Waals surface area contributed by atoms with Crippen LogP contribution in [0.2, 0.25) is 0 Å². The molecule has 372 valence electrons. The van der Waals surface area contributed by atoms with Gasteiger partial charge in [-0.3, -0.25) is 28.1 Å². The molecule has 3 aromatic rings. The lowest BCUT2D eigenvalue weighted by atomic mass is 10.2. The molecule has 0 fully saturated rings. The third-order valence-electron chi connectivity index (χ3n) is 9.82. The number of carbonyl (C=O) groups excluding carboxylic acids is 3. The topological polar surface area (TPSA) is 158 Å². The maximum atomic E-state index is 13.3. The quantitative estimate of drug-likeness (QED) is 0.0676. The van der Waals surface area contributed by atoms with Crippen LogP contribution in [0, 0.1) is 35.2 Å². The number of esters is 3. The van der Waals surface area contributed by atoms with Crippen LogP contribution in [0.4, 0.5) is 13.2 Å². The molecular formula is C48H72F3O12P3. The fraction of sp³-hybridized carbons (Fsp3) is 0.562. The summed E-state index contributed by atoms with van der Waals surface area (Å²) in [5.41, 5.74) is 0. The van der Waals surface area contributed by atoms with Crippen molar-refractivity contribution in [2.45, 2.75) is 119 Å². The number of rotatable bonds is 18. The predicted molar refractivity (Wildman–Crippen MR) is 255 cm³/mol. The summed E-state index contributed by atoms with van der Waals surface area (Å²) in [4.78, 5) is 35.4. The molecule has 0 heterocycles. The van der Waals surface area contributed by atoms with Crippen molar-refractivity contribution >= 4 is 40.0 Å². The van der Waals surface area contributed by atoms with Crippen molar-refractivity contribution in [3.05, 3.63) is 90.2 Å². The van der Waals surface area contributed by atoms with Gasteiger partial charge in [0.15, 0.2) is 0 Å². The fourth-order valence-electron chi connectivity index (χ4n) is 5.59. The van der Waals surface area contributed by atoms with Gasteiger partial charge in [0.2, 0.25) is 0 Å². The van der Waals surface area contributed by atoms with Gasteiger partial charge < -0.3 is 27.8 Å². The minimum Gasteiger partial charge on any atom is -0.466 e. The Kier molecular flexibility index (Phi) is 23.5. The Bertz CT molecular complexity index is 1940. The first kappa shape index (κ1) is 60.0. The van der Waals surface area contributed by atoms with Gasteiger partial charge in [-0.25, -0.2) is 13.2 Å². The second-order valence-corrected chi connectivity index (χ2v) is 28.4. The van der Waals surface area contributed by atoms with Crippen LogP contribution in [0.25, 0.3) is 0 Å². The van der Waals surface area contributed by atoms with Crippen LogP contribution in [0.1, 0.15) is 104 Å². The summed E-state index contributed by atoms with van der Waals surface area (Å²) in [5, 5.41) is -2.04. The van der Waals surface area contributed by atoms with Crippen molar-refractivity contribution in [1.82, 2.24) is 0 Å². The van der Waals surface area contributed by atoms with Crippen molar-refractivity contribution in [3.8, 4) is 17.2 Å². The highest BCUT2D eigenvalue weighted by atomic mass is 31.2. The molecule has 0 radical (unpaired) electrons. The first-order valence-corrected chi connectivity index (χ1v) is 27.3. The van der Waals surface area contributed by atoms with Gasteiger partial charge in [0.25, 0.3) is 22.1 Å². The Morgan fingerprint density at radius 2 is 0.667 bits per heavy atom. The van der Waals surface area contributed by atoms with E-state index in [0.29, 0.717) is 0 Å². The van der Waals surface area contributed by atoms with Crippen molar-refractivity contribution in [2.75, 3.05) is 38.3 Å². The maximum absolute atomic E-state index is 13.3. The molecule has 0 aromatic heterocycles. The van der Waals surface area contributed by atoms with Crippen LogP contribution in [-0.4, -0.2) is 71.7 Å². The first-order valence-electron chi connectivity index (χ1n) is 21.9. The molecule has 12 nitrogen and oxygen atoms in total. The normalized spacial score (nSPS) is 15.7. The second-order valence-electron chi connectivity index (χ2n) is 18.7. The zero-order valence-corrected chi connectivity index (χ0v) is 44.0. The van der Waals surface area contributed by atoms with E-state index in [2.05, 4.69) is 0 Å². The molecule has 0 amide bonds. The number of hydrogen-bond donors (Lipinski definition) is 0. The average Bonchev–Trinajstić information content (AvgIpc) is 3.17. The minimum atomic E-state index is -3.25. The lowest BCUT2D eigenvalue weighted by Gasteiger charge is -2.32. The van der Waals surface area contributed by atoms with Gasteiger partial charge in [0.05, 0.1) is 37.6 Å². The molecule has 0 aliphatic rings. The highest BCUT2D eigenvalue weighted by molar-refractivity contribution is 7.61. The van der Waals surface area contributed by atoms with Crippen LogP contribution in [0.3, 0.4) is 0 Å². The highest BCUT2D eigenvalue weighted by Gasteiger charge is 2.44. The standard InChI is InChI=1S/3C16H24FO4P/c3*1-6-20-15(18)12(2)11-22(19,16(3,4)5)21-14-9-7-8-13(17)10-14/h3*7-10,12H,6,11H2,1-5H3/t12-,22?;12-,22+;12-,22-/m111/s1. The Hall–Kier alpha value is -4.05. The molecule has 0 N–H and O–H groups in total. The number of ether oxygens (including phenoxy) is 3. The van der Waals surface area contributed by atoms with Gasteiger partial charge in [-0.15, -0.1) is 0 Å². The third-order valence-corrected chi connectivity index (χ3v) is 20.6. The lowest BCUT2D eigenvalue weighted by Crippen LogP contribution is -2.27. The zero-order valence-electron chi connectivity index (χ0n) is 41.3. The molecule has 3 rings (SSSR count). The highest BCUT2D eigenvalue weighted by Crippen LogP contribution is 2.61. The molecule has 0 aliphatic carbocycles. The van der Waals surface area contributed by atoms with Gasteiger partial charge >= 0.3 is 17.9 Å². The molecule has 1 unspecified atom stereocenters.